The van der Waals surface area contributed by atoms with Crippen LogP contribution in [-0.4, -0.2) is 35.4 Å². The predicted molar refractivity (Wildman–Crippen MR) is 142 cm³/mol. The van der Waals surface area contributed by atoms with Gasteiger partial charge in [-0.15, -0.1) is 0 Å². The van der Waals surface area contributed by atoms with E-state index in [4.69, 9.17) is 4.98 Å². The molecule has 3 rings (SSSR count). The van der Waals surface area contributed by atoms with Crippen molar-refractivity contribution in [2.75, 3.05) is 30.2 Å². The average Bonchev–Trinajstić information content (AvgIpc) is 3.14. The van der Waals surface area contributed by atoms with E-state index in [2.05, 4.69) is 73.0 Å². The summed E-state index contributed by atoms with van der Waals surface area (Å²) in [5.74, 6) is 1.86. The quantitative estimate of drug-likeness (QED) is 0.250. The van der Waals surface area contributed by atoms with Crippen LogP contribution in [0.1, 0.15) is 76.3 Å². The van der Waals surface area contributed by atoms with Gasteiger partial charge in [-0.25, -0.2) is 9.66 Å². The lowest BCUT2D eigenvalue weighted by atomic mass is 9.92. The van der Waals surface area contributed by atoms with Crippen molar-refractivity contribution in [3.63, 3.8) is 0 Å². The number of rotatable bonds is 11. The maximum atomic E-state index is 12.7. The molecule has 0 atom stereocenters. The molecule has 178 valence electrons. The second-order valence-electron chi connectivity index (χ2n) is 9.37. The van der Waals surface area contributed by atoms with E-state index in [9.17, 15) is 4.79 Å². The van der Waals surface area contributed by atoms with Gasteiger partial charge in [0.15, 0.2) is 5.16 Å². The SMILES string of the molecule is CC(C)c1cccc(C(C)C)c1NC(=O)CCCCCSc1nc2ccccc2n1N(C)C. The van der Waals surface area contributed by atoms with Gasteiger partial charge in [-0.1, -0.05) is 76.2 Å². The first-order valence-electron chi connectivity index (χ1n) is 12.0. The Morgan fingerprint density at radius 3 is 2.27 bits per heavy atom. The number of carbonyl (C=O) groups is 1. The van der Waals surface area contributed by atoms with E-state index in [1.54, 1.807) is 11.8 Å². The van der Waals surface area contributed by atoms with Crippen molar-refractivity contribution in [3.8, 4) is 0 Å². The lowest BCUT2D eigenvalue weighted by Gasteiger charge is -2.20. The van der Waals surface area contributed by atoms with Gasteiger partial charge in [-0.05, 0) is 47.9 Å². The van der Waals surface area contributed by atoms with Crippen molar-refractivity contribution in [1.82, 2.24) is 9.66 Å². The van der Waals surface area contributed by atoms with Crippen molar-refractivity contribution in [2.45, 2.75) is 70.4 Å². The second-order valence-corrected chi connectivity index (χ2v) is 10.4. The maximum Gasteiger partial charge on any atom is 0.224 e. The molecule has 0 unspecified atom stereocenters. The smallest absolute Gasteiger partial charge is 0.224 e. The maximum absolute atomic E-state index is 12.7. The monoisotopic (exact) mass is 466 g/mol. The second kappa shape index (κ2) is 11.6. The van der Waals surface area contributed by atoms with E-state index in [1.165, 1.54) is 11.1 Å². The number of amides is 1. The van der Waals surface area contributed by atoms with Gasteiger partial charge in [0.1, 0.15) is 0 Å². The van der Waals surface area contributed by atoms with E-state index < -0.39 is 0 Å². The molecule has 0 spiro atoms. The largest absolute Gasteiger partial charge is 0.326 e. The third-order valence-corrected chi connectivity index (χ3v) is 6.84. The molecule has 0 aliphatic rings. The summed E-state index contributed by atoms with van der Waals surface area (Å²) in [7, 11) is 4.08. The van der Waals surface area contributed by atoms with Crippen molar-refractivity contribution in [1.29, 1.82) is 0 Å². The summed E-state index contributed by atoms with van der Waals surface area (Å²) in [6.07, 6.45) is 3.56. The summed E-state index contributed by atoms with van der Waals surface area (Å²) in [4.78, 5) is 17.5. The van der Waals surface area contributed by atoms with Crippen LogP contribution in [0.25, 0.3) is 11.0 Å². The molecule has 1 heterocycles. The van der Waals surface area contributed by atoms with Gasteiger partial charge in [-0.3, -0.25) is 4.79 Å². The van der Waals surface area contributed by atoms with E-state index in [1.807, 2.05) is 26.2 Å². The third kappa shape index (κ3) is 6.32. The summed E-state index contributed by atoms with van der Waals surface area (Å²) in [5, 5.41) is 6.32. The molecule has 5 nitrogen and oxygen atoms in total. The number of benzene rings is 2. The van der Waals surface area contributed by atoms with Crippen LogP contribution in [0.3, 0.4) is 0 Å². The molecule has 0 radical (unpaired) electrons. The zero-order valence-electron chi connectivity index (χ0n) is 20.9. The summed E-state index contributed by atoms with van der Waals surface area (Å²) in [6, 6.07) is 14.6. The van der Waals surface area contributed by atoms with Gasteiger partial charge < -0.3 is 10.3 Å². The highest BCUT2D eigenvalue weighted by atomic mass is 32.2. The number of thioether (sulfide) groups is 1. The number of nitrogens with zero attached hydrogens (tertiary/aromatic N) is 3. The van der Waals surface area contributed by atoms with Crippen molar-refractivity contribution in [3.05, 3.63) is 53.6 Å². The molecule has 6 heteroatoms. The molecule has 2 aromatic carbocycles. The fourth-order valence-corrected chi connectivity index (χ4v) is 5.17. The molecule has 0 fully saturated rings. The van der Waals surface area contributed by atoms with Gasteiger partial charge in [0, 0.05) is 32.0 Å². The Kier molecular flexibility index (Phi) is 8.84. The molecule has 3 aromatic rings. The first kappa shape index (κ1) is 25.2. The number of hydrogen-bond donors (Lipinski definition) is 1. The Morgan fingerprint density at radius 1 is 0.970 bits per heavy atom. The van der Waals surface area contributed by atoms with E-state index in [0.29, 0.717) is 18.3 Å². The highest BCUT2D eigenvalue weighted by Crippen LogP contribution is 2.32. The van der Waals surface area contributed by atoms with Crippen LogP contribution >= 0.6 is 11.8 Å². The number of imidazole rings is 1. The Bertz CT molecular complexity index is 1040. The highest BCUT2D eigenvalue weighted by molar-refractivity contribution is 7.99. The third-order valence-electron chi connectivity index (χ3n) is 5.82. The van der Waals surface area contributed by atoms with Crippen LogP contribution in [0.4, 0.5) is 5.69 Å². The molecule has 0 saturated carbocycles. The van der Waals surface area contributed by atoms with Crippen molar-refractivity contribution >= 4 is 34.4 Å². The summed E-state index contributed by atoms with van der Waals surface area (Å²) >= 11 is 1.78. The summed E-state index contributed by atoms with van der Waals surface area (Å²) in [5.41, 5.74) is 5.60. The predicted octanol–water partition coefficient (Wildman–Crippen LogP) is 6.77. The lowest BCUT2D eigenvalue weighted by molar-refractivity contribution is -0.116. The first-order chi connectivity index (χ1) is 15.8. The zero-order chi connectivity index (χ0) is 24.0. The van der Waals surface area contributed by atoms with Crippen LogP contribution < -0.4 is 10.3 Å². The molecule has 0 bridgehead atoms. The van der Waals surface area contributed by atoms with E-state index in [-0.39, 0.29) is 5.91 Å². The Morgan fingerprint density at radius 2 is 1.64 bits per heavy atom. The van der Waals surface area contributed by atoms with Crippen LogP contribution in [-0.2, 0) is 4.79 Å². The number of fused-ring (bicyclic) bond motifs is 1. The molecule has 1 N–H and O–H groups in total. The number of aromatic nitrogens is 2. The highest BCUT2D eigenvalue weighted by Gasteiger charge is 2.16. The number of nitrogens with one attached hydrogen (secondary N) is 1. The molecule has 0 aliphatic carbocycles. The summed E-state index contributed by atoms with van der Waals surface area (Å²) < 4.78 is 2.16. The van der Waals surface area contributed by atoms with Crippen LogP contribution in [0.2, 0.25) is 0 Å². The zero-order valence-corrected chi connectivity index (χ0v) is 21.7. The fourth-order valence-electron chi connectivity index (χ4n) is 4.10. The fraction of sp³-hybridized carbons (Fsp3) is 0.481. The Labute approximate surface area is 202 Å². The van der Waals surface area contributed by atoms with Gasteiger partial charge in [0.05, 0.1) is 11.0 Å². The number of anilines is 1. The topological polar surface area (TPSA) is 50.2 Å². The van der Waals surface area contributed by atoms with Crippen LogP contribution in [0.5, 0.6) is 0 Å². The minimum atomic E-state index is 0.118. The number of unbranched alkanes of at least 4 members (excludes halogenated alkanes) is 2. The van der Waals surface area contributed by atoms with Crippen molar-refractivity contribution < 1.29 is 4.79 Å². The standard InChI is InChI=1S/C27H38N4OS/c1-19(2)21-13-12-14-22(20(3)4)26(21)29-25(32)17-8-7-11-18-33-27-28-23-15-9-10-16-24(23)31(27)30(5)6/h9-10,12-16,19-20H,7-8,11,17-18H2,1-6H3,(H,29,32). The molecular weight excluding hydrogens is 428 g/mol. The van der Waals surface area contributed by atoms with E-state index >= 15 is 0 Å². The molecule has 0 aliphatic heterocycles. The Balaban J connectivity index is 1.49. The normalized spacial score (nSPS) is 11.5. The molecule has 33 heavy (non-hydrogen) atoms. The van der Waals surface area contributed by atoms with Crippen LogP contribution in [0.15, 0.2) is 47.6 Å². The van der Waals surface area contributed by atoms with E-state index in [0.717, 1.165) is 46.9 Å². The van der Waals surface area contributed by atoms with Gasteiger partial charge in [0.2, 0.25) is 5.91 Å². The molecule has 0 saturated heterocycles. The molecule has 1 amide bonds. The van der Waals surface area contributed by atoms with Crippen LogP contribution in [0, 0.1) is 0 Å². The number of para-hydroxylation sites is 3. The number of carbonyl (C=O) groups excluding carboxylic acids is 1. The lowest BCUT2D eigenvalue weighted by Crippen LogP contribution is -2.25. The first-order valence-corrected chi connectivity index (χ1v) is 13.0. The molecule has 1 aromatic heterocycles. The van der Waals surface area contributed by atoms with Gasteiger partial charge in [-0.2, -0.15) is 0 Å². The summed E-state index contributed by atoms with van der Waals surface area (Å²) in [6.45, 7) is 8.71. The average molecular weight is 467 g/mol. The minimum Gasteiger partial charge on any atom is -0.326 e. The van der Waals surface area contributed by atoms with Gasteiger partial charge >= 0.3 is 0 Å². The minimum absolute atomic E-state index is 0.118. The van der Waals surface area contributed by atoms with Crippen molar-refractivity contribution in [2.24, 2.45) is 0 Å². The number of hydrogen-bond acceptors (Lipinski definition) is 4. The molecular formula is C27H38N4OS. The van der Waals surface area contributed by atoms with Gasteiger partial charge in [0.25, 0.3) is 0 Å². The Hall–Kier alpha value is -2.47.